The van der Waals surface area contributed by atoms with E-state index in [4.69, 9.17) is 0 Å². The van der Waals surface area contributed by atoms with Gasteiger partial charge in [-0.1, -0.05) is 28.4 Å². The number of halogens is 1. The Morgan fingerprint density at radius 2 is 2.05 bits per heavy atom. The van der Waals surface area contributed by atoms with Crippen molar-refractivity contribution in [2.75, 3.05) is 12.3 Å². The molecule has 1 unspecified atom stereocenters. The van der Waals surface area contributed by atoms with Crippen molar-refractivity contribution in [3.63, 3.8) is 0 Å². The lowest BCUT2D eigenvalue weighted by molar-refractivity contribution is 0.519. The molecule has 1 aromatic rings. The number of nitrogens with one attached hydrogen (secondary N) is 1. The lowest BCUT2D eigenvalue weighted by Gasteiger charge is -2.18. The predicted octanol–water partition coefficient (Wildman–Crippen LogP) is 5.27. The summed E-state index contributed by atoms with van der Waals surface area (Å²) in [5.74, 6) is 1.12. The highest BCUT2D eigenvalue weighted by molar-refractivity contribution is 9.10. The number of allylic oxidation sites excluding steroid dienone is 1. The lowest BCUT2D eigenvalue weighted by atomic mass is 10.1. The predicted molar refractivity (Wildman–Crippen MR) is 91.0 cm³/mol. The minimum absolute atomic E-state index is 0.574. The molecule has 1 atom stereocenters. The van der Waals surface area contributed by atoms with E-state index < -0.39 is 0 Å². The van der Waals surface area contributed by atoms with Crippen LogP contribution in [0.1, 0.15) is 33.1 Å². The van der Waals surface area contributed by atoms with Crippen molar-refractivity contribution in [2.45, 2.75) is 44.0 Å². The zero-order valence-corrected chi connectivity index (χ0v) is 14.3. The second-order valence-electron chi connectivity index (χ2n) is 4.91. The van der Waals surface area contributed by atoms with Gasteiger partial charge in [-0.15, -0.1) is 18.3 Å². The van der Waals surface area contributed by atoms with Gasteiger partial charge in [-0.05, 0) is 57.0 Å². The highest BCUT2D eigenvalue weighted by Gasteiger charge is 2.08. The molecule has 3 heteroatoms. The highest BCUT2D eigenvalue weighted by Crippen LogP contribution is 2.22. The molecule has 19 heavy (non-hydrogen) atoms. The largest absolute Gasteiger partial charge is 0.313 e. The summed E-state index contributed by atoms with van der Waals surface area (Å²) in [4.78, 5) is 1.34. The first-order chi connectivity index (χ1) is 9.11. The van der Waals surface area contributed by atoms with E-state index in [0.717, 1.165) is 23.2 Å². The van der Waals surface area contributed by atoms with Gasteiger partial charge in [0.2, 0.25) is 0 Å². The summed E-state index contributed by atoms with van der Waals surface area (Å²) < 4.78 is 1.14. The second-order valence-corrected chi connectivity index (χ2v) is 6.92. The van der Waals surface area contributed by atoms with Gasteiger partial charge in [-0.25, -0.2) is 0 Å². The first kappa shape index (κ1) is 16.8. The van der Waals surface area contributed by atoms with Crippen molar-refractivity contribution < 1.29 is 0 Å². The van der Waals surface area contributed by atoms with E-state index in [9.17, 15) is 0 Å². The maximum absolute atomic E-state index is 4.00. The van der Waals surface area contributed by atoms with Gasteiger partial charge in [0.25, 0.3) is 0 Å². The average molecular weight is 342 g/mol. The standard InChI is InChI=1S/C16H24BrNS/c1-4-11-18-15(8-5-13(2)3)12-19-16-9-6-14(17)7-10-16/h6-7,9-10,15,18H,2,4-5,8,11-12H2,1,3H3. The van der Waals surface area contributed by atoms with Crippen LogP contribution in [0.4, 0.5) is 0 Å². The molecular weight excluding hydrogens is 318 g/mol. The Morgan fingerprint density at radius 3 is 2.63 bits per heavy atom. The molecule has 0 aliphatic heterocycles. The third-order valence-electron chi connectivity index (χ3n) is 2.87. The molecule has 1 nitrogen and oxygen atoms in total. The van der Waals surface area contributed by atoms with Crippen LogP contribution < -0.4 is 5.32 Å². The molecule has 0 amide bonds. The van der Waals surface area contributed by atoms with Gasteiger partial charge >= 0.3 is 0 Å². The number of benzene rings is 1. The number of hydrogen-bond donors (Lipinski definition) is 1. The molecule has 0 aliphatic carbocycles. The van der Waals surface area contributed by atoms with E-state index in [1.807, 2.05) is 11.8 Å². The monoisotopic (exact) mass is 341 g/mol. The molecule has 0 aromatic heterocycles. The summed E-state index contributed by atoms with van der Waals surface area (Å²) in [6.07, 6.45) is 3.48. The van der Waals surface area contributed by atoms with Crippen LogP contribution in [0.15, 0.2) is 45.8 Å². The second kappa shape index (κ2) is 9.62. The fourth-order valence-corrected chi connectivity index (χ4v) is 3.01. The van der Waals surface area contributed by atoms with Crippen LogP contribution in [0.5, 0.6) is 0 Å². The molecule has 0 fully saturated rings. The molecular formula is C16H24BrNS. The van der Waals surface area contributed by atoms with Crippen molar-refractivity contribution in [3.05, 3.63) is 40.9 Å². The van der Waals surface area contributed by atoms with E-state index in [0.29, 0.717) is 6.04 Å². The van der Waals surface area contributed by atoms with Crippen LogP contribution in [0.25, 0.3) is 0 Å². The maximum Gasteiger partial charge on any atom is 0.0176 e. The molecule has 0 bridgehead atoms. The topological polar surface area (TPSA) is 12.0 Å². The SMILES string of the molecule is C=C(C)CCC(CSc1ccc(Br)cc1)NCCC. The van der Waals surface area contributed by atoms with Crippen molar-refractivity contribution >= 4 is 27.7 Å². The summed E-state index contributed by atoms with van der Waals surface area (Å²) >= 11 is 5.40. The van der Waals surface area contributed by atoms with Gasteiger partial charge in [-0.2, -0.15) is 0 Å². The Labute approximate surface area is 130 Å². The summed E-state index contributed by atoms with van der Waals surface area (Å²) in [6, 6.07) is 9.12. The summed E-state index contributed by atoms with van der Waals surface area (Å²) in [5, 5.41) is 3.64. The van der Waals surface area contributed by atoms with E-state index in [2.05, 4.69) is 65.9 Å². The molecule has 0 heterocycles. The van der Waals surface area contributed by atoms with Gasteiger partial charge in [0.15, 0.2) is 0 Å². The molecule has 0 saturated heterocycles. The molecule has 0 saturated carbocycles. The first-order valence-corrected chi connectivity index (χ1v) is 8.65. The van der Waals surface area contributed by atoms with Gasteiger partial charge < -0.3 is 5.32 Å². The summed E-state index contributed by atoms with van der Waals surface area (Å²) in [6.45, 7) is 9.42. The molecule has 0 spiro atoms. The summed E-state index contributed by atoms with van der Waals surface area (Å²) in [7, 11) is 0. The maximum atomic E-state index is 4.00. The normalized spacial score (nSPS) is 12.4. The zero-order valence-electron chi connectivity index (χ0n) is 11.9. The van der Waals surface area contributed by atoms with Gasteiger partial charge in [0, 0.05) is 21.2 Å². The Morgan fingerprint density at radius 1 is 1.37 bits per heavy atom. The smallest absolute Gasteiger partial charge is 0.0176 e. The van der Waals surface area contributed by atoms with Crippen LogP contribution in [-0.2, 0) is 0 Å². The molecule has 0 radical (unpaired) electrons. The van der Waals surface area contributed by atoms with Gasteiger partial charge in [-0.3, -0.25) is 0 Å². The highest BCUT2D eigenvalue weighted by atomic mass is 79.9. The number of hydrogen-bond acceptors (Lipinski definition) is 2. The van der Waals surface area contributed by atoms with Crippen molar-refractivity contribution in [3.8, 4) is 0 Å². The van der Waals surface area contributed by atoms with E-state index >= 15 is 0 Å². The van der Waals surface area contributed by atoms with Gasteiger partial charge in [0.05, 0.1) is 0 Å². The molecule has 106 valence electrons. The van der Waals surface area contributed by atoms with Crippen molar-refractivity contribution in [1.82, 2.24) is 5.32 Å². The third kappa shape index (κ3) is 7.81. The average Bonchev–Trinajstić information content (AvgIpc) is 2.39. The van der Waals surface area contributed by atoms with Crippen LogP contribution >= 0.6 is 27.7 Å². The Kier molecular flexibility index (Phi) is 8.51. The van der Waals surface area contributed by atoms with Crippen LogP contribution in [0.2, 0.25) is 0 Å². The quantitative estimate of drug-likeness (QED) is 0.485. The summed E-state index contributed by atoms with van der Waals surface area (Å²) in [5.41, 5.74) is 1.27. The lowest BCUT2D eigenvalue weighted by Crippen LogP contribution is -2.32. The Hall–Kier alpha value is -0.250. The minimum Gasteiger partial charge on any atom is -0.313 e. The Bertz CT molecular complexity index is 375. The zero-order chi connectivity index (χ0) is 14.1. The van der Waals surface area contributed by atoms with Crippen LogP contribution in [0.3, 0.4) is 0 Å². The molecule has 1 aromatic carbocycles. The van der Waals surface area contributed by atoms with Crippen molar-refractivity contribution in [2.24, 2.45) is 0 Å². The Balaban J connectivity index is 2.42. The molecule has 1 N–H and O–H groups in total. The number of rotatable bonds is 9. The first-order valence-electron chi connectivity index (χ1n) is 6.88. The molecule has 0 aliphatic rings. The van der Waals surface area contributed by atoms with E-state index in [-0.39, 0.29) is 0 Å². The van der Waals surface area contributed by atoms with E-state index in [1.165, 1.54) is 23.3 Å². The molecule has 1 rings (SSSR count). The van der Waals surface area contributed by atoms with E-state index in [1.54, 1.807) is 0 Å². The fraction of sp³-hybridized carbons (Fsp3) is 0.500. The van der Waals surface area contributed by atoms with Crippen LogP contribution in [0, 0.1) is 0 Å². The van der Waals surface area contributed by atoms with Gasteiger partial charge in [0.1, 0.15) is 0 Å². The van der Waals surface area contributed by atoms with Crippen LogP contribution in [-0.4, -0.2) is 18.3 Å². The fourth-order valence-electron chi connectivity index (χ4n) is 1.74. The van der Waals surface area contributed by atoms with Crippen molar-refractivity contribution in [1.29, 1.82) is 0 Å². The third-order valence-corrected chi connectivity index (χ3v) is 4.57. The minimum atomic E-state index is 0.574. The number of thioether (sulfide) groups is 1.